The SMILES string of the molecule is O=C(COc1cc(F)ccc1Br)N1CCCNCC1. The molecule has 1 saturated heterocycles. The summed E-state index contributed by atoms with van der Waals surface area (Å²) in [4.78, 5) is 13.8. The number of nitrogens with zero attached hydrogens (tertiary/aromatic N) is 1. The Morgan fingerprint density at radius 2 is 2.26 bits per heavy atom. The molecule has 0 aromatic heterocycles. The normalized spacial score (nSPS) is 16.0. The molecule has 1 aromatic rings. The van der Waals surface area contributed by atoms with Crippen LogP contribution in [0.25, 0.3) is 0 Å². The van der Waals surface area contributed by atoms with E-state index in [1.54, 1.807) is 11.0 Å². The second-order valence-corrected chi connectivity index (χ2v) is 5.20. The van der Waals surface area contributed by atoms with E-state index in [1.165, 1.54) is 12.1 Å². The number of benzene rings is 1. The van der Waals surface area contributed by atoms with Crippen LogP contribution in [0.3, 0.4) is 0 Å². The largest absolute Gasteiger partial charge is 0.482 e. The van der Waals surface area contributed by atoms with Gasteiger partial charge in [0.05, 0.1) is 4.47 Å². The minimum Gasteiger partial charge on any atom is -0.482 e. The average molecular weight is 331 g/mol. The summed E-state index contributed by atoms with van der Waals surface area (Å²) < 4.78 is 19.1. The van der Waals surface area contributed by atoms with Crippen molar-refractivity contribution in [1.29, 1.82) is 0 Å². The highest BCUT2D eigenvalue weighted by Gasteiger charge is 2.16. The van der Waals surface area contributed by atoms with Crippen LogP contribution in [0.15, 0.2) is 22.7 Å². The van der Waals surface area contributed by atoms with Crippen LogP contribution in [0.5, 0.6) is 5.75 Å². The molecule has 19 heavy (non-hydrogen) atoms. The van der Waals surface area contributed by atoms with Crippen molar-refractivity contribution in [3.05, 3.63) is 28.5 Å². The molecule has 0 spiro atoms. The number of halogens is 2. The second-order valence-electron chi connectivity index (χ2n) is 4.35. The van der Waals surface area contributed by atoms with Gasteiger partial charge in [-0.2, -0.15) is 0 Å². The van der Waals surface area contributed by atoms with Crippen LogP contribution in [-0.2, 0) is 4.79 Å². The van der Waals surface area contributed by atoms with E-state index >= 15 is 0 Å². The van der Waals surface area contributed by atoms with E-state index in [9.17, 15) is 9.18 Å². The summed E-state index contributed by atoms with van der Waals surface area (Å²) in [5.74, 6) is -0.106. The number of rotatable bonds is 3. The van der Waals surface area contributed by atoms with Gasteiger partial charge in [-0.3, -0.25) is 4.79 Å². The molecule has 0 atom stereocenters. The minimum atomic E-state index is -0.385. The van der Waals surface area contributed by atoms with Crippen LogP contribution in [0, 0.1) is 5.82 Å². The summed E-state index contributed by atoms with van der Waals surface area (Å²) in [6.07, 6.45) is 0.940. The Labute approximate surface area is 120 Å². The number of nitrogens with one attached hydrogen (secondary N) is 1. The van der Waals surface area contributed by atoms with Gasteiger partial charge in [0.2, 0.25) is 0 Å². The summed E-state index contributed by atoms with van der Waals surface area (Å²) >= 11 is 3.26. The second kappa shape index (κ2) is 6.86. The van der Waals surface area contributed by atoms with E-state index in [0.717, 1.165) is 26.1 Å². The molecule has 1 aromatic carbocycles. The smallest absolute Gasteiger partial charge is 0.260 e. The van der Waals surface area contributed by atoms with Gasteiger partial charge in [0.15, 0.2) is 6.61 Å². The molecule has 0 aliphatic carbocycles. The highest BCUT2D eigenvalue weighted by molar-refractivity contribution is 9.10. The maximum absolute atomic E-state index is 13.1. The molecule has 6 heteroatoms. The summed E-state index contributed by atoms with van der Waals surface area (Å²) in [6.45, 7) is 3.09. The van der Waals surface area contributed by atoms with Crippen molar-refractivity contribution in [1.82, 2.24) is 10.2 Å². The van der Waals surface area contributed by atoms with Gasteiger partial charge in [0.1, 0.15) is 11.6 Å². The topological polar surface area (TPSA) is 41.6 Å². The van der Waals surface area contributed by atoms with Gasteiger partial charge in [0, 0.05) is 25.7 Å². The van der Waals surface area contributed by atoms with E-state index in [2.05, 4.69) is 21.2 Å². The number of hydrogen-bond donors (Lipinski definition) is 1. The molecule has 1 aliphatic heterocycles. The van der Waals surface area contributed by atoms with E-state index < -0.39 is 0 Å². The summed E-state index contributed by atoms with van der Waals surface area (Å²) in [5.41, 5.74) is 0. The number of carbonyl (C=O) groups is 1. The van der Waals surface area contributed by atoms with E-state index in [1.807, 2.05) is 0 Å². The van der Waals surface area contributed by atoms with Crippen molar-refractivity contribution in [2.45, 2.75) is 6.42 Å². The van der Waals surface area contributed by atoms with Gasteiger partial charge in [-0.1, -0.05) is 0 Å². The maximum atomic E-state index is 13.1. The lowest BCUT2D eigenvalue weighted by Gasteiger charge is -2.20. The van der Waals surface area contributed by atoms with Crippen LogP contribution in [-0.4, -0.2) is 43.6 Å². The number of amides is 1. The average Bonchev–Trinajstić information content (AvgIpc) is 2.68. The monoisotopic (exact) mass is 330 g/mol. The Balaban J connectivity index is 1.90. The Bertz CT molecular complexity index is 448. The molecular weight excluding hydrogens is 315 g/mol. The van der Waals surface area contributed by atoms with E-state index in [0.29, 0.717) is 16.8 Å². The lowest BCUT2D eigenvalue weighted by atomic mass is 10.3. The zero-order valence-corrected chi connectivity index (χ0v) is 12.1. The molecule has 4 nitrogen and oxygen atoms in total. The zero-order valence-electron chi connectivity index (χ0n) is 10.5. The fraction of sp³-hybridized carbons (Fsp3) is 0.462. The molecule has 104 valence electrons. The number of hydrogen-bond acceptors (Lipinski definition) is 3. The standard InChI is InChI=1S/C13H16BrFN2O2/c14-11-3-2-10(15)8-12(11)19-9-13(18)17-6-1-4-16-5-7-17/h2-3,8,16H,1,4-7,9H2. The zero-order chi connectivity index (χ0) is 13.7. The third-order valence-corrected chi connectivity index (χ3v) is 3.59. The number of ether oxygens (including phenoxy) is 1. The summed E-state index contributed by atoms with van der Waals surface area (Å²) in [5, 5.41) is 3.23. The van der Waals surface area contributed by atoms with Gasteiger partial charge >= 0.3 is 0 Å². The van der Waals surface area contributed by atoms with Crippen LogP contribution < -0.4 is 10.1 Å². The molecule has 0 unspecified atom stereocenters. The molecule has 0 bridgehead atoms. The Morgan fingerprint density at radius 1 is 1.42 bits per heavy atom. The molecule has 0 saturated carbocycles. The van der Waals surface area contributed by atoms with Crippen LogP contribution in [0.2, 0.25) is 0 Å². The van der Waals surface area contributed by atoms with Crippen molar-refractivity contribution in [2.24, 2.45) is 0 Å². The molecule has 1 N–H and O–H groups in total. The molecular formula is C13H16BrFN2O2. The fourth-order valence-electron chi connectivity index (χ4n) is 1.91. The third kappa shape index (κ3) is 4.18. The first-order valence-electron chi connectivity index (χ1n) is 6.23. The molecule has 1 amide bonds. The van der Waals surface area contributed by atoms with Gasteiger partial charge in [0.25, 0.3) is 5.91 Å². The van der Waals surface area contributed by atoms with E-state index in [4.69, 9.17) is 4.74 Å². The highest BCUT2D eigenvalue weighted by Crippen LogP contribution is 2.25. The van der Waals surface area contributed by atoms with Crippen molar-refractivity contribution in [3.63, 3.8) is 0 Å². The van der Waals surface area contributed by atoms with Crippen LogP contribution in [0.4, 0.5) is 4.39 Å². The van der Waals surface area contributed by atoms with Crippen molar-refractivity contribution in [3.8, 4) is 5.75 Å². The van der Waals surface area contributed by atoms with Crippen LogP contribution in [0.1, 0.15) is 6.42 Å². The molecule has 1 fully saturated rings. The van der Waals surface area contributed by atoms with Gasteiger partial charge in [-0.25, -0.2) is 4.39 Å². The quantitative estimate of drug-likeness (QED) is 0.918. The first-order chi connectivity index (χ1) is 9.16. The molecule has 2 rings (SSSR count). The Morgan fingerprint density at radius 3 is 3.11 bits per heavy atom. The van der Waals surface area contributed by atoms with Crippen molar-refractivity contribution >= 4 is 21.8 Å². The van der Waals surface area contributed by atoms with Gasteiger partial charge in [-0.15, -0.1) is 0 Å². The van der Waals surface area contributed by atoms with Gasteiger partial charge < -0.3 is 15.0 Å². The lowest BCUT2D eigenvalue weighted by Crippen LogP contribution is -2.37. The predicted molar refractivity (Wildman–Crippen MR) is 73.7 cm³/mol. The van der Waals surface area contributed by atoms with Gasteiger partial charge in [-0.05, 0) is 41.0 Å². The van der Waals surface area contributed by atoms with E-state index in [-0.39, 0.29) is 18.3 Å². The first-order valence-corrected chi connectivity index (χ1v) is 7.02. The Kier molecular flexibility index (Phi) is 5.15. The fourth-order valence-corrected chi connectivity index (χ4v) is 2.27. The summed E-state index contributed by atoms with van der Waals surface area (Å²) in [7, 11) is 0. The summed E-state index contributed by atoms with van der Waals surface area (Å²) in [6, 6.07) is 4.16. The van der Waals surface area contributed by atoms with Crippen LogP contribution >= 0.6 is 15.9 Å². The molecule has 1 aliphatic rings. The predicted octanol–water partition coefficient (Wildman–Crippen LogP) is 1.79. The van der Waals surface area contributed by atoms with Crippen molar-refractivity contribution < 1.29 is 13.9 Å². The molecule has 0 radical (unpaired) electrons. The van der Waals surface area contributed by atoms with Crippen molar-refractivity contribution in [2.75, 3.05) is 32.8 Å². The first kappa shape index (κ1) is 14.3. The number of carbonyl (C=O) groups excluding carboxylic acids is 1. The minimum absolute atomic E-state index is 0.0674. The highest BCUT2D eigenvalue weighted by atomic mass is 79.9. The lowest BCUT2D eigenvalue weighted by molar-refractivity contribution is -0.133. The third-order valence-electron chi connectivity index (χ3n) is 2.94. The maximum Gasteiger partial charge on any atom is 0.260 e. The molecule has 1 heterocycles. The Hall–Kier alpha value is -1.14.